The number of benzene rings is 2. The molecule has 2 N–H and O–H groups in total. The van der Waals surface area contributed by atoms with Crippen LogP contribution in [0.25, 0.3) is 0 Å². The third kappa shape index (κ3) is 5.05. The molecule has 9 nitrogen and oxygen atoms in total. The normalized spacial score (nSPS) is 18.0. The summed E-state index contributed by atoms with van der Waals surface area (Å²) in [4.78, 5) is 50.3. The van der Waals surface area contributed by atoms with E-state index in [9.17, 15) is 32.3 Å². The maximum atomic E-state index is 12.9. The predicted molar refractivity (Wildman–Crippen MR) is 107 cm³/mol. The Hall–Kier alpha value is -4.09. The Morgan fingerprint density at radius 2 is 1.73 bits per heavy atom. The Balaban J connectivity index is 1.74. The highest BCUT2D eigenvalue weighted by molar-refractivity contribution is 6.10. The van der Waals surface area contributed by atoms with E-state index in [-0.39, 0.29) is 16.8 Å². The minimum absolute atomic E-state index is 0.0801. The van der Waals surface area contributed by atoms with Gasteiger partial charge < -0.3 is 20.1 Å². The topological polar surface area (TPSA) is 114 Å². The lowest BCUT2D eigenvalue weighted by Gasteiger charge is -2.22. The lowest BCUT2D eigenvalue weighted by molar-refractivity contribution is -0.274. The summed E-state index contributed by atoms with van der Waals surface area (Å²) in [6.07, 6.45) is -4.88. The van der Waals surface area contributed by atoms with E-state index < -0.39 is 48.0 Å². The number of halogens is 3. The van der Waals surface area contributed by atoms with Gasteiger partial charge in [-0.15, -0.1) is 13.2 Å². The molecule has 4 amide bonds. The number of nitrogens with one attached hydrogen (secondary N) is 2. The van der Waals surface area contributed by atoms with Gasteiger partial charge in [0.15, 0.2) is 0 Å². The highest BCUT2D eigenvalue weighted by atomic mass is 19.4. The smallest absolute Gasteiger partial charge is 0.465 e. The summed E-state index contributed by atoms with van der Waals surface area (Å²) in [5.74, 6) is -2.72. The first-order valence-electron chi connectivity index (χ1n) is 9.42. The molecule has 0 radical (unpaired) electrons. The van der Waals surface area contributed by atoms with Crippen LogP contribution in [0.4, 0.5) is 23.7 Å². The van der Waals surface area contributed by atoms with E-state index in [2.05, 4.69) is 20.1 Å². The first-order valence-corrected chi connectivity index (χ1v) is 9.42. The van der Waals surface area contributed by atoms with Crippen LogP contribution in [-0.4, -0.2) is 48.7 Å². The molecule has 2 aromatic carbocycles. The fourth-order valence-corrected chi connectivity index (χ4v) is 3.24. The zero-order valence-electron chi connectivity index (χ0n) is 17.4. The molecule has 1 aliphatic heterocycles. The molecule has 1 unspecified atom stereocenters. The Bertz CT molecular complexity index is 1100. The second-order valence-corrected chi connectivity index (χ2v) is 7.10. The van der Waals surface area contributed by atoms with Crippen LogP contribution in [0.15, 0.2) is 48.5 Å². The first kappa shape index (κ1) is 23.6. The number of carbonyl (C=O) groups excluding carboxylic acids is 4. The quantitative estimate of drug-likeness (QED) is 0.501. The van der Waals surface area contributed by atoms with E-state index in [0.29, 0.717) is 4.90 Å². The standard InChI is InChI=1S/C21H18F3N3O6/c1-20(12-7-9-13(10-8-12)33-21(22,23)24)18(30)27(19(31)26-20)11-16(28)25-15-6-4-3-5-14(15)17(29)32-2/h3-10H,11H2,1-2H3,(H,25,28)(H,26,31). The maximum Gasteiger partial charge on any atom is 0.573 e. The van der Waals surface area contributed by atoms with Crippen LogP contribution >= 0.6 is 0 Å². The SMILES string of the molecule is COC(=O)c1ccccc1NC(=O)CN1C(=O)NC(C)(c2ccc(OC(F)(F)F)cc2)C1=O. The molecule has 12 heteroatoms. The van der Waals surface area contributed by atoms with Crippen molar-refractivity contribution in [2.24, 2.45) is 0 Å². The number of alkyl halides is 3. The summed E-state index contributed by atoms with van der Waals surface area (Å²) < 4.78 is 45.5. The molecule has 2 aromatic rings. The molecule has 174 valence electrons. The summed E-state index contributed by atoms with van der Waals surface area (Å²) in [6.45, 7) is 0.697. The summed E-state index contributed by atoms with van der Waals surface area (Å²) in [5, 5.41) is 4.90. The van der Waals surface area contributed by atoms with Crippen molar-refractivity contribution in [3.8, 4) is 5.75 Å². The molecular formula is C21H18F3N3O6. The summed E-state index contributed by atoms with van der Waals surface area (Å²) in [7, 11) is 1.18. The zero-order valence-corrected chi connectivity index (χ0v) is 17.4. The van der Waals surface area contributed by atoms with Gasteiger partial charge in [0.25, 0.3) is 5.91 Å². The van der Waals surface area contributed by atoms with Crippen molar-refractivity contribution >= 4 is 29.5 Å². The van der Waals surface area contributed by atoms with Crippen LogP contribution in [0.5, 0.6) is 5.75 Å². The Morgan fingerprint density at radius 1 is 1.09 bits per heavy atom. The summed E-state index contributed by atoms with van der Waals surface area (Å²) >= 11 is 0. The van der Waals surface area contributed by atoms with Crippen molar-refractivity contribution in [1.29, 1.82) is 0 Å². The number of anilines is 1. The first-order chi connectivity index (χ1) is 15.4. The molecule has 1 saturated heterocycles. The number of nitrogens with zero attached hydrogens (tertiary/aromatic N) is 1. The van der Waals surface area contributed by atoms with E-state index in [1.165, 1.54) is 38.3 Å². The number of methoxy groups -OCH3 is 1. The third-order valence-corrected chi connectivity index (χ3v) is 4.85. The number of para-hydroxylation sites is 1. The van der Waals surface area contributed by atoms with Crippen LogP contribution in [0, 0.1) is 0 Å². The molecule has 0 spiro atoms. The molecule has 1 heterocycles. The minimum atomic E-state index is -4.88. The summed E-state index contributed by atoms with van der Waals surface area (Å²) in [6, 6.07) is 9.57. The number of carbonyl (C=O) groups is 4. The van der Waals surface area contributed by atoms with Gasteiger partial charge in [-0.1, -0.05) is 24.3 Å². The maximum absolute atomic E-state index is 12.9. The van der Waals surface area contributed by atoms with Crippen molar-refractivity contribution in [2.45, 2.75) is 18.8 Å². The second-order valence-electron chi connectivity index (χ2n) is 7.10. The van der Waals surface area contributed by atoms with Gasteiger partial charge in [-0.3, -0.25) is 14.5 Å². The molecule has 0 aliphatic carbocycles. The monoisotopic (exact) mass is 465 g/mol. The molecule has 1 fully saturated rings. The number of amides is 4. The molecule has 0 saturated carbocycles. The van der Waals surface area contributed by atoms with Crippen molar-refractivity contribution in [3.63, 3.8) is 0 Å². The number of esters is 1. The lowest BCUT2D eigenvalue weighted by atomic mass is 9.92. The molecule has 1 atom stereocenters. The van der Waals surface area contributed by atoms with E-state index in [1.807, 2.05) is 0 Å². The average molecular weight is 465 g/mol. The Labute approximate surface area is 185 Å². The molecule has 3 rings (SSSR count). The van der Waals surface area contributed by atoms with Crippen LogP contribution in [0.3, 0.4) is 0 Å². The van der Waals surface area contributed by atoms with Crippen molar-refractivity contribution in [3.05, 3.63) is 59.7 Å². The zero-order chi connectivity index (χ0) is 24.4. The van der Waals surface area contributed by atoms with Crippen molar-refractivity contribution in [2.75, 3.05) is 19.0 Å². The molecule has 0 aromatic heterocycles. The van der Waals surface area contributed by atoms with Crippen LogP contribution < -0.4 is 15.4 Å². The molecule has 1 aliphatic rings. The predicted octanol–water partition coefficient (Wildman–Crippen LogP) is 2.78. The van der Waals surface area contributed by atoms with Crippen LogP contribution in [0.2, 0.25) is 0 Å². The lowest BCUT2D eigenvalue weighted by Crippen LogP contribution is -2.42. The van der Waals surface area contributed by atoms with Crippen molar-refractivity contribution < 1.29 is 41.8 Å². The van der Waals surface area contributed by atoms with Gasteiger partial charge in [-0.05, 0) is 36.8 Å². The average Bonchev–Trinajstić information content (AvgIpc) is 2.96. The number of urea groups is 1. The number of hydrogen-bond acceptors (Lipinski definition) is 6. The van der Waals surface area contributed by atoms with Gasteiger partial charge in [0.2, 0.25) is 5.91 Å². The van der Waals surface area contributed by atoms with Gasteiger partial charge >= 0.3 is 18.4 Å². The van der Waals surface area contributed by atoms with Gasteiger partial charge in [-0.2, -0.15) is 0 Å². The highest BCUT2D eigenvalue weighted by Crippen LogP contribution is 2.31. The molecular weight excluding hydrogens is 447 g/mol. The van der Waals surface area contributed by atoms with Gasteiger partial charge in [-0.25, -0.2) is 9.59 Å². The van der Waals surface area contributed by atoms with E-state index in [1.54, 1.807) is 12.1 Å². The van der Waals surface area contributed by atoms with E-state index in [4.69, 9.17) is 0 Å². The minimum Gasteiger partial charge on any atom is -0.465 e. The van der Waals surface area contributed by atoms with Gasteiger partial charge in [0, 0.05) is 0 Å². The van der Waals surface area contributed by atoms with Gasteiger partial charge in [0.1, 0.15) is 17.8 Å². The Kier molecular flexibility index (Phi) is 6.29. The van der Waals surface area contributed by atoms with E-state index >= 15 is 0 Å². The third-order valence-electron chi connectivity index (χ3n) is 4.85. The van der Waals surface area contributed by atoms with Crippen LogP contribution in [0.1, 0.15) is 22.8 Å². The largest absolute Gasteiger partial charge is 0.573 e. The van der Waals surface area contributed by atoms with E-state index in [0.717, 1.165) is 12.1 Å². The number of ether oxygens (including phenoxy) is 2. The Morgan fingerprint density at radius 3 is 2.33 bits per heavy atom. The molecule has 33 heavy (non-hydrogen) atoms. The van der Waals surface area contributed by atoms with Crippen molar-refractivity contribution in [1.82, 2.24) is 10.2 Å². The highest BCUT2D eigenvalue weighted by Gasteiger charge is 2.49. The number of imide groups is 1. The van der Waals surface area contributed by atoms with Crippen LogP contribution in [-0.2, 0) is 19.9 Å². The number of hydrogen-bond donors (Lipinski definition) is 2. The number of rotatable bonds is 6. The fourth-order valence-electron chi connectivity index (χ4n) is 3.24. The summed E-state index contributed by atoms with van der Waals surface area (Å²) in [5.41, 5.74) is -1.21. The second kappa shape index (κ2) is 8.81. The molecule has 0 bridgehead atoms. The fraction of sp³-hybridized carbons (Fsp3) is 0.238. The van der Waals surface area contributed by atoms with Gasteiger partial charge in [0.05, 0.1) is 18.4 Å².